The standard InChI is InChI=1S/C5H9NO2S/c1-5-3-2-4-6(7,8)9-5/h5H,1-4H2/q-1. The lowest BCUT2D eigenvalue weighted by Crippen LogP contribution is -2.34. The Hall–Kier alpha value is 0.230. The summed E-state index contributed by atoms with van der Waals surface area (Å²) in [5, 5.41) is 21.3. The predicted octanol–water partition coefficient (Wildman–Crippen LogP) is 1.44. The lowest BCUT2D eigenvalue weighted by atomic mass is 10.2. The molecule has 0 aromatic rings. The average Bonchev–Trinajstić information content (AvgIpc) is 1.60. The van der Waals surface area contributed by atoms with Crippen LogP contribution >= 0.6 is 11.9 Å². The number of hydrogen-bond acceptors (Lipinski definition) is 3. The Balaban J connectivity index is 2.41. The van der Waals surface area contributed by atoms with Crippen LogP contribution < -0.4 is 0 Å². The first-order chi connectivity index (χ1) is 4.10. The summed E-state index contributed by atoms with van der Waals surface area (Å²) < 4.78 is -1.41. The van der Waals surface area contributed by atoms with Crippen molar-refractivity contribution in [3.63, 3.8) is 0 Å². The number of quaternary nitrogens is 1. The van der Waals surface area contributed by atoms with Gasteiger partial charge in [-0.15, -0.1) is 0 Å². The van der Waals surface area contributed by atoms with E-state index in [1.54, 1.807) is 0 Å². The van der Waals surface area contributed by atoms with Gasteiger partial charge in [-0.3, -0.25) is 0 Å². The highest BCUT2D eigenvalue weighted by Crippen LogP contribution is 2.32. The first-order valence-corrected chi connectivity index (χ1v) is 3.75. The minimum absolute atomic E-state index is 0.00579. The molecule has 0 amide bonds. The van der Waals surface area contributed by atoms with Crippen molar-refractivity contribution < 1.29 is 4.21 Å². The maximum absolute atomic E-state index is 10.6. The second-order valence-electron chi connectivity index (χ2n) is 2.20. The van der Waals surface area contributed by atoms with Crippen LogP contribution in [-0.2, 0) is 0 Å². The van der Waals surface area contributed by atoms with Crippen molar-refractivity contribution in [2.45, 2.75) is 18.1 Å². The van der Waals surface area contributed by atoms with Crippen LogP contribution in [0.4, 0.5) is 0 Å². The summed E-state index contributed by atoms with van der Waals surface area (Å²) in [5.41, 5.74) is 0. The van der Waals surface area contributed by atoms with Gasteiger partial charge in [-0.05, 0) is 19.8 Å². The molecule has 1 radical (unpaired) electrons. The molecule has 1 fully saturated rings. The molecular formula is C5H9NO2S-. The lowest BCUT2D eigenvalue weighted by molar-refractivity contribution is -0.686. The fourth-order valence-electron chi connectivity index (χ4n) is 0.845. The van der Waals surface area contributed by atoms with Crippen molar-refractivity contribution >= 4 is 11.9 Å². The molecule has 0 spiro atoms. The topological polar surface area (TPSA) is 46.1 Å². The summed E-state index contributed by atoms with van der Waals surface area (Å²) in [6.45, 7) is 3.83. The maximum Gasteiger partial charge on any atom is 0.0888 e. The Morgan fingerprint density at radius 1 is 1.56 bits per heavy atom. The summed E-state index contributed by atoms with van der Waals surface area (Å²) in [6, 6.07) is 0. The molecule has 1 saturated heterocycles. The zero-order valence-corrected chi connectivity index (χ0v) is 5.89. The summed E-state index contributed by atoms with van der Waals surface area (Å²) >= 11 is 0.859. The zero-order valence-electron chi connectivity index (χ0n) is 5.08. The van der Waals surface area contributed by atoms with E-state index in [1.165, 1.54) is 0 Å². The third-order valence-electron chi connectivity index (χ3n) is 1.27. The van der Waals surface area contributed by atoms with Gasteiger partial charge in [0.15, 0.2) is 0 Å². The van der Waals surface area contributed by atoms with E-state index in [0.717, 1.165) is 18.4 Å². The third kappa shape index (κ3) is 2.14. The van der Waals surface area contributed by atoms with Gasteiger partial charge in [-0.2, -0.15) is 0 Å². The van der Waals surface area contributed by atoms with Crippen molar-refractivity contribution in [2.75, 3.05) is 6.54 Å². The van der Waals surface area contributed by atoms with Crippen LogP contribution in [0.1, 0.15) is 12.8 Å². The fraction of sp³-hybridized carbons (Fsp3) is 0.800. The molecule has 1 atom stereocenters. The van der Waals surface area contributed by atoms with E-state index >= 15 is 0 Å². The Kier molecular flexibility index (Phi) is 2.00. The predicted molar refractivity (Wildman–Crippen MR) is 37.8 cm³/mol. The number of nitrogens with zero attached hydrogens (tertiary/aromatic N) is 1. The second kappa shape index (κ2) is 2.46. The molecule has 0 aromatic carbocycles. The normalized spacial score (nSPS) is 34.3. The molecule has 0 saturated carbocycles. The van der Waals surface area contributed by atoms with E-state index in [9.17, 15) is 10.4 Å². The highest BCUT2D eigenvalue weighted by atomic mass is 32.2. The van der Waals surface area contributed by atoms with Crippen LogP contribution in [0, 0.1) is 17.3 Å². The van der Waals surface area contributed by atoms with E-state index in [-0.39, 0.29) is 11.8 Å². The molecule has 1 heterocycles. The van der Waals surface area contributed by atoms with E-state index in [2.05, 4.69) is 6.92 Å². The molecule has 53 valence electrons. The summed E-state index contributed by atoms with van der Waals surface area (Å²) in [5.74, 6) is 0. The van der Waals surface area contributed by atoms with E-state index < -0.39 is 4.21 Å². The molecule has 9 heavy (non-hydrogen) atoms. The van der Waals surface area contributed by atoms with Crippen LogP contribution in [0.5, 0.6) is 0 Å². The SMILES string of the molecule is [CH2]C1CCC[N+]([O-])([O-])S1. The van der Waals surface area contributed by atoms with Gasteiger partial charge < -0.3 is 14.6 Å². The summed E-state index contributed by atoms with van der Waals surface area (Å²) in [7, 11) is 0. The van der Waals surface area contributed by atoms with Crippen molar-refractivity contribution in [3.05, 3.63) is 17.3 Å². The molecule has 3 nitrogen and oxygen atoms in total. The molecule has 0 aliphatic carbocycles. The largest absolute Gasteiger partial charge is 0.619 e. The minimum Gasteiger partial charge on any atom is -0.619 e. The summed E-state index contributed by atoms with van der Waals surface area (Å²) in [6.07, 6.45) is 1.61. The summed E-state index contributed by atoms with van der Waals surface area (Å²) in [4.78, 5) is 0. The molecule has 0 bridgehead atoms. The lowest BCUT2D eigenvalue weighted by Gasteiger charge is -2.48. The first-order valence-electron chi connectivity index (χ1n) is 2.92. The smallest absolute Gasteiger partial charge is 0.0888 e. The van der Waals surface area contributed by atoms with E-state index in [4.69, 9.17) is 0 Å². The van der Waals surface area contributed by atoms with Gasteiger partial charge in [0.25, 0.3) is 0 Å². The van der Waals surface area contributed by atoms with Crippen molar-refractivity contribution in [3.8, 4) is 0 Å². The Morgan fingerprint density at radius 3 is 2.56 bits per heavy atom. The number of hydrogen-bond donors (Lipinski definition) is 0. The Morgan fingerprint density at radius 2 is 2.22 bits per heavy atom. The average molecular weight is 147 g/mol. The molecule has 1 aliphatic rings. The maximum atomic E-state index is 10.6. The highest BCUT2D eigenvalue weighted by Gasteiger charge is 2.20. The molecule has 4 heteroatoms. The molecule has 0 aromatic heterocycles. The number of hydroxylamine groups is 2. The van der Waals surface area contributed by atoms with Crippen LogP contribution in [-0.4, -0.2) is 16.0 Å². The molecule has 1 rings (SSSR count). The van der Waals surface area contributed by atoms with Crippen LogP contribution in [0.2, 0.25) is 0 Å². The quantitative estimate of drug-likeness (QED) is 0.296. The second-order valence-corrected chi connectivity index (χ2v) is 3.64. The van der Waals surface area contributed by atoms with Gasteiger partial charge in [-0.25, -0.2) is 0 Å². The van der Waals surface area contributed by atoms with Gasteiger partial charge in [0.1, 0.15) is 0 Å². The van der Waals surface area contributed by atoms with Gasteiger partial charge in [-0.1, -0.05) is 0 Å². The molecular weight excluding hydrogens is 138 g/mol. The molecule has 1 aliphatic heterocycles. The van der Waals surface area contributed by atoms with Crippen molar-refractivity contribution in [1.82, 2.24) is 0 Å². The van der Waals surface area contributed by atoms with E-state index in [0.29, 0.717) is 6.42 Å². The zero-order chi connectivity index (χ0) is 6.91. The van der Waals surface area contributed by atoms with Crippen LogP contribution in [0.15, 0.2) is 0 Å². The van der Waals surface area contributed by atoms with Gasteiger partial charge in [0.2, 0.25) is 0 Å². The van der Waals surface area contributed by atoms with Gasteiger partial charge >= 0.3 is 0 Å². The minimum atomic E-state index is -1.41. The first kappa shape index (κ1) is 7.34. The highest BCUT2D eigenvalue weighted by molar-refractivity contribution is 7.94. The van der Waals surface area contributed by atoms with E-state index in [1.807, 2.05) is 0 Å². The third-order valence-corrected chi connectivity index (χ3v) is 2.31. The van der Waals surface area contributed by atoms with Gasteiger partial charge in [0, 0.05) is 0 Å². The Labute approximate surface area is 58.9 Å². The van der Waals surface area contributed by atoms with Crippen LogP contribution in [0.25, 0.3) is 0 Å². The van der Waals surface area contributed by atoms with Gasteiger partial charge in [0.05, 0.1) is 23.7 Å². The Bertz CT molecular complexity index is 107. The number of rotatable bonds is 0. The fourth-order valence-corrected chi connectivity index (χ4v) is 1.81. The molecule has 0 N–H and O–H groups in total. The monoisotopic (exact) mass is 147 g/mol. The molecule has 1 unspecified atom stereocenters. The van der Waals surface area contributed by atoms with Crippen LogP contribution in [0.3, 0.4) is 0 Å². The van der Waals surface area contributed by atoms with Crippen molar-refractivity contribution in [1.29, 1.82) is 0 Å². The van der Waals surface area contributed by atoms with Crippen molar-refractivity contribution in [2.24, 2.45) is 0 Å².